The Morgan fingerprint density at radius 1 is 0.737 bits per heavy atom. The summed E-state index contributed by atoms with van der Waals surface area (Å²) in [5.41, 5.74) is 2.43. The molecule has 94 valence electrons. The van der Waals surface area contributed by atoms with Gasteiger partial charge in [0.15, 0.2) is 0 Å². The summed E-state index contributed by atoms with van der Waals surface area (Å²) in [7, 11) is 0. The summed E-state index contributed by atoms with van der Waals surface area (Å²) in [5, 5.41) is 0. The van der Waals surface area contributed by atoms with Crippen LogP contribution in [0.1, 0.15) is 11.1 Å². The maximum atomic E-state index is 4.34. The SMILES string of the molecule is C(/C=C/C=C/c1ccccc1)=NCc1ccccc1. The zero-order chi connectivity index (χ0) is 13.2. The van der Waals surface area contributed by atoms with Crippen LogP contribution in [0.25, 0.3) is 6.08 Å². The minimum atomic E-state index is 0.730. The van der Waals surface area contributed by atoms with Gasteiger partial charge < -0.3 is 0 Å². The van der Waals surface area contributed by atoms with E-state index in [1.54, 1.807) is 0 Å². The van der Waals surface area contributed by atoms with Gasteiger partial charge in [-0.1, -0.05) is 78.9 Å². The molecule has 0 aliphatic heterocycles. The third-order valence-electron chi connectivity index (χ3n) is 2.62. The maximum Gasteiger partial charge on any atom is 0.0639 e. The molecule has 2 aromatic carbocycles. The van der Waals surface area contributed by atoms with Crippen LogP contribution in [0.2, 0.25) is 0 Å². The smallest absolute Gasteiger partial charge is 0.0639 e. The maximum absolute atomic E-state index is 4.34. The monoisotopic (exact) mass is 247 g/mol. The molecule has 1 nitrogen and oxygen atoms in total. The average Bonchev–Trinajstić information content (AvgIpc) is 2.48. The summed E-state index contributed by atoms with van der Waals surface area (Å²) >= 11 is 0. The van der Waals surface area contributed by atoms with Gasteiger partial charge in [-0.2, -0.15) is 0 Å². The second-order valence-corrected chi connectivity index (χ2v) is 4.13. The molecule has 0 aliphatic rings. The van der Waals surface area contributed by atoms with E-state index in [1.807, 2.05) is 60.8 Å². The first-order valence-corrected chi connectivity index (χ1v) is 6.37. The third-order valence-corrected chi connectivity index (χ3v) is 2.62. The highest BCUT2D eigenvalue weighted by Crippen LogP contribution is 2.01. The molecule has 0 saturated heterocycles. The van der Waals surface area contributed by atoms with Crippen molar-refractivity contribution in [3.05, 3.63) is 90.0 Å². The highest BCUT2D eigenvalue weighted by Gasteiger charge is 1.84. The number of aliphatic imine (C=N–C) groups is 1. The molecule has 0 radical (unpaired) electrons. The molecule has 0 aromatic heterocycles. The molecule has 0 saturated carbocycles. The lowest BCUT2D eigenvalue weighted by atomic mass is 10.2. The predicted molar refractivity (Wildman–Crippen MR) is 83.3 cm³/mol. The van der Waals surface area contributed by atoms with Gasteiger partial charge in [-0.25, -0.2) is 0 Å². The normalized spacial score (nSPS) is 11.8. The van der Waals surface area contributed by atoms with Gasteiger partial charge in [0.25, 0.3) is 0 Å². The van der Waals surface area contributed by atoms with E-state index in [0.717, 1.165) is 6.54 Å². The molecule has 0 heterocycles. The van der Waals surface area contributed by atoms with Gasteiger partial charge in [0.1, 0.15) is 0 Å². The highest BCUT2D eigenvalue weighted by atomic mass is 14.7. The molecule has 0 bridgehead atoms. The first kappa shape index (κ1) is 13.0. The zero-order valence-corrected chi connectivity index (χ0v) is 10.8. The summed E-state index contributed by atoms with van der Waals surface area (Å²) in [6.07, 6.45) is 9.86. The number of hydrogen-bond acceptors (Lipinski definition) is 1. The van der Waals surface area contributed by atoms with E-state index >= 15 is 0 Å². The predicted octanol–water partition coefficient (Wildman–Crippen LogP) is 4.53. The molecule has 2 rings (SSSR count). The Bertz CT molecular complexity index is 551. The second-order valence-electron chi connectivity index (χ2n) is 4.13. The Morgan fingerprint density at radius 2 is 1.42 bits per heavy atom. The number of rotatable bonds is 5. The van der Waals surface area contributed by atoms with Crippen LogP contribution in [-0.4, -0.2) is 6.21 Å². The first-order valence-electron chi connectivity index (χ1n) is 6.37. The van der Waals surface area contributed by atoms with E-state index in [2.05, 4.69) is 35.3 Å². The summed E-state index contributed by atoms with van der Waals surface area (Å²) in [6.45, 7) is 0.730. The van der Waals surface area contributed by atoms with E-state index in [1.165, 1.54) is 11.1 Å². The molecule has 2 aromatic rings. The molecule has 1 heteroatoms. The van der Waals surface area contributed by atoms with Gasteiger partial charge in [-0.05, 0) is 17.2 Å². The van der Waals surface area contributed by atoms with Crippen LogP contribution >= 0.6 is 0 Å². The van der Waals surface area contributed by atoms with Crippen LogP contribution in [0.15, 0.2) is 83.9 Å². The van der Waals surface area contributed by atoms with Crippen molar-refractivity contribution in [2.24, 2.45) is 4.99 Å². The molecule has 0 amide bonds. The van der Waals surface area contributed by atoms with Gasteiger partial charge in [0.2, 0.25) is 0 Å². The molecule has 0 spiro atoms. The van der Waals surface area contributed by atoms with Crippen molar-refractivity contribution in [3.8, 4) is 0 Å². The van der Waals surface area contributed by atoms with Crippen molar-refractivity contribution < 1.29 is 0 Å². The number of hydrogen-bond donors (Lipinski definition) is 0. The van der Waals surface area contributed by atoms with Crippen LogP contribution in [0.3, 0.4) is 0 Å². The van der Waals surface area contributed by atoms with E-state index in [-0.39, 0.29) is 0 Å². The zero-order valence-electron chi connectivity index (χ0n) is 10.8. The lowest BCUT2D eigenvalue weighted by Crippen LogP contribution is -1.79. The van der Waals surface area contributed by atoms with Gasteiger partial charge >= 0.3 is 0 Å². The molecule has 19 heavy (non-hydrogen) atoms. The van der Waals surface area contributed by atoms with Crippen molar-refractivity contribution in [3.63, 3.8) is 0 Å². The van der Waals surface area contributed by atoms with Crippen LogP contribution in [0.4, 0.5) is 0 Å². The van der Waals surface area contributed by atoms with Gasteiger partial charge in [-0.3, -0.25) is 4.99 Å². The highest BCUT2D eigenvalue weighted by molar-refractivity contribution is 5.72. The quantitative estimate of drug-likeness (QED) is 0.544. The molecule has 0 aliphatic carbocycles. The van der Waals surface area contributed by atoms with Crippen LogP contribution < -0.4 is 0 Å². The third kappa shape index (κ3) is 5.17. The summed E-state index contributed by atoms with van der Waals surface area (Å²) in [5.74, 6) is 0. The molecule has 0 atom stereocenters. The van der Waals surface area contributed by atoms with Crippen molar-refractivity contribution in [1.29, 1.82) is 0 Å². The minimum absolute atomic E-state index is 0.730. The number of allylic oxidation sites excluding steroid dienone is 3. The molecule has 0 N–H and O–H groups in total. The van der Waals surface area contributed by atoms with Crippen LogP contribution in [-0.2, 0) is 6.54 Å². The topological polar surface area (TPSA) is 12.4 Å². The van der Waals surface area contributed by atoms with E-state index in [0.29, 0.717) is 0 Å². The van der Waals surface area contributed by atoms with Crippen molar-refractivity contribution in [2.75, 3.05) is 0 Å². The summed E-state index contributed by atoms with van der Waals surface area (Å²) < 4.78 is 0. The van der Waals surface area contributed by atoms with Crippen molar-refractivity contribution >= 4 is 12.3 Å². The molecular weight excluding hydrogens is 230 g/mol. The Balaban J connectivity index is 1.76. The average molecular weight is 247 g/mol. The fourth-order valence-corrected chi connectivity index (χ4v) is 1.65. The number of benzene rings is 2. The molecule has 0 unspecified atom stereocenters. The minimum Gasteiger partial charge on any atom is -0.288 e. The lowest BCUT2D eigenvalue weighted by molar-refractivity contribution is 1.08. The fraction of sp³-hybridized carbons (Fsp3) is 0.0556. The molecule has 0 fully saturated rings. The lowest BCUT2D eigenvalue weighted by Gasteiger charge is -1.92. The summed E-state index contributed by atoms with van der Waals surface area (Å²) in [6, 6.07) is 20.5. The Kier molecular flexibility index (Phi) is 5.37. The van der Waals surface area contributed by atoms with E-state index in [9.17, 15) is 0 Å². The van der Waals surface area contributed by atoms with E-state index < -0.39 is 0 Å². The van der Waals surface area contributed by atoms with Crippen LogP contribution in [0, 0.1) is 0 Å². The van der Waals surface area contributed by atoms with Gasteiger partial charge in [0, 0.05) is 6.21 Å². The largest absolute Gasteiger partial charge is 0.288 e. The van der Waals surface area contributed by atoms with E-state index in [4.69, 9.17) is 0 Å². The fourth-order valence-electron chi connectivity index (χ4n) is 1.65. The van der Waals surface area contributed by atoms with Crippen LogP contribution in [0.5, 0.6) is 0 Å². The van der Waals surface area contributed by atoms with Gasteiger partial charge in [0.05, 0.1) is 6.54 Å². The first-order chi connectivity index (χ1) is 9.45. The molecular formula is C18H17N. The Morgan fingerprint density at radius 3 is 2.16 bits per heavy atom. The van der Waals surface area contributed by atoms with Gasteiger partial charge in [-0.15, -0.1) is 0 Å². The number of nitrogens with zero attached hydrogens (tertiary/aromatic N) is 1. The van der Waals surface area contributed by atoms with Crippen molar-refractivity contribution in [1.82, 2.24) is 0 Å². The second kappa shape index (κ2) is 7.83. The summed E-state index contributed by atoms with van der Waals surface area (Å²) in [4.78, 5) is 4.34. The Labute approximate surface area is 114 Å². The van der Waals surface area contributed by atoms with Crippen molar-refractivity contribution in [2.45, 2.75) is 6.54 Å². The standard InChI is InChI=1S/C18H17N/c1-4-10-17(11-5-1)12-8-3-9-15-19-16-18-13-6-2-7-14-18/h1-15H,16H2/b9-3+,12-8+,19-15?. The Hall–Kier alpha value is -2.41.